The largest absolute Gasteiger partial charge is 0.370 e. The minimum Gasteiger partial charge on any atom is -0.370 e. The Bertz CT molecular complexity index is 1040. The minimum absolute atomic E-state index is 0.0851. The van der Waals surface area contributed by atoms with Crippen molar-refractivity contribution in [2.45, 2.75) is 30.2 Å². The predicted molar refractivity (Wildman–Crippen MR) is 115 cm³/mol. The Balaban J connectivity index is 1.55. The number of nitrogens with zero attached hydrogens (tertiary/aromatic N) is 3. The summed E-state index contributed by atoms with van der Waals surface area (Å²) in [6.07, 6.45) is 2.36. The lowest BCUT2D eigenvalue weighted by atomic mass is 10.2. The summed E-state index contributed by atoms with van der Waals surface area (Å²) in [5.74, 6) is 1.01. The van der Waals surface area contributed by atoms with Crippen LogP contribution in [0.5, 0.6) is 0 Å². The molecule has 1 aliphatic rings. The summed E-state index contributed by atoms with van der Waals surface area (Å²) >= 11 is 1.42. The van der Waals surface area contributed by atoms with Gasteiger partial charge in [-0.15, -0.1) is 0 Å². The number of carbonyl (C=O) groups is 2. The Labute approximate surface area is 173 Å². The molecule has 0 atom stereocenters. The summed E-state index contributed by atoms with van der Waals surface area (Å²) in [5.41, 5.74) is 6.96. The van der Waals surface area contributed by atoms with Gasteiger partial charge in [0, 0.05) is 30.0 Å². The number of benzene rings is 2. The van der Waals surface area contributed by atoms with Gasteiger partial charge in [0.2, 0.25) is 11.8 Å². The van der Waals surface area contributed by atoms with Crippen LogP contribution in [0, 0.1) is 0 Å². The normalized spacial score (nSPS) is 13.4. The molecule has 0 unspecified atom stereocenters. The molecule has 2 N–H and O–H groups in total. The van der Waals surface area contributed by atoms with Crippen molar-refractivity contribution in [1.29, 1.82) is 0 Å². The Morgan fingerprint density at radius 1 is 1.03 bits per heavy atom. The number of thioether (sulfide) groups is 1. The van der Waals surface area contributed by atoms with Gasteiger partial charge in [-0.3, -0.25) is 9.59 Å². The van der Waals surface area contributed by atoms with Crippen LogP contribution in [-0.2, 0) is 9.59 Å². The standard InChI is InChI=1S/C22H22N4O2S/c23-19(27)12-13-26(16-6-2-1-3-7-16)20(28)14-29-22-17-8-4-5-9-18(17)24-21(25-22)15-10-11-15/h1-9,15H,10-14H2,(H2,23,27). The first kappa shape index (κ1) is 19.4. The highest BCUT2D eigenvalue weighted by Gasteiger charge is 2.28. The third-order valence-electron chi connectivity index (χ3n) is 4.81. The van der Waals surface area contributed by atoms with Gasteiger partial charge in [-0.2, -0.15) is 0 Å². The number of aromatic nitrogens is 2. The van der Waals surface area contributed by atoms with E-state index < -0.39 is 5.91 Å². The number of anilines is 1. The molecule has 3 aromatic rings. The van der Waals surface area contributed by atoms with Crippen molar-refractivity contribution >= 4 is 40.2 Å². The van der Waals surface area contributed by atoms with E-state index >= 15 is 0 Å². The van der Waals surface area contributed by atoms with Crippen molar-refractivity contribution in [3.8, 4) is 0 Å². The van der Waals surface area contributed by atoms with E-state index in [0.29, 0.717) is 5.92 Å². The molecular formula is C22H22N4O2S. The van der Waals surface area contributed by atoms with Gasteiger partial charge in [-0.1, -0.05) is 48.2 Å². The van der Waals surface area contributed by atoms with Gasteiger partial charge in [0.05, 0.1) is 11.3 Å². The molecule has 1 aliphatic carbocycles. The summed E-state index contributed by atoms with van der Waals surface area (Å²) in [6.45, 7) is 0.261. The molecule has 6 nitrogen and oxygen atoms in total. The quantitative estimate of drug-likeness (QED) is 0.457. The minimum atomic E-state index is -0.428. The topological polar surface area (TPSA) is 89.2 Å². The molecule has 0 aliphatic heterocycles. The second-order valence-electron chi connectivity index (χ2n) is 7.06. The predicted octanol–water partition coefficient (Wildman–Crippen LogP) is 3.51. The van der Waals surface area contributed by atoms with Crippen LogP contribution in [0.4, 0.5) is 5.69 Å². The molecule has 0 radical (unpaired) electrons. The Morgan fingerprint density at radius 3 is 2.48 bits per heavy atom. The van der Waals surface area contributed by atoms with E-state index in [1.54, 1.807) is 4.90 Å². The lowest BCUT2D eigenvalue weighted by Gasteiger charge is -2.22. The fourth-order valence-corrected chi connectivity index (χ4v) is 4.04. The molecule has 7 heteroatoms. The molecular weight excluding hydrogens is 384 g/mol. The monoisotopic (exact) mass is 406 g/mol. The zero-order valence-electron chi connectivity index (χ0n) is 16.0. The van der Waals surface area contributed by atoms with Crippen LogP contribution < -0.4 is 10.6 Å². The molecule has 2 amide bonds. The number of hydrogen-bond acceptors (Lipinski definition) is 5. The SMILES string of the molecule is NC(=O)CCN(C(=O)CSc1nc(C2CC2)nc2ccccc12)c1ccccc1. The highest BCUT2D eigenvalue weighted by molar-refractivity contribution is 8.00. The molecule has 29 heavy (non-hydrogen) atoms. The van der Waals surface area contributed by atoms with Gasteiger partial charge in [-0.25, -0.2) is 9.97 Å². The van der Waals surface area contributed by atoms with E-state index in [1.165, 1.54) is 11.8 Å². The van der Waals surface area contributed by atoms with Crippen LogP contribution >= 0.6 is 11.8 Å². The first-order valence-electron chi connectivity index (χ1n) is 9.65. The maximum atomic E-state index is 13.0. The van der Waals surface area contributed by atoms with E-state index in [0.717, 1.165) is 40.3 Å². The average molecular weight is 407 g/mol. The Morgan fingerprint density at radius 2 is 1.76 bits per heavy atom. The third-order valence-corrected chi connectivity index (χ3v) is 5.79. The maximum Gasteiger partial charge on any atom is 0.237 e. The van der Waals surface area contributed by atoms with E-state index in [4.69, 9.17) is 10.7 Å². The second-order valence-corrected chi connectivity index (χ2v) is 8.03. The number of primary amides is 1. The molecule has 0 saturated heterocycles. The van der Waals surface area contributed by atoms with Crippen molar-refractivity contribution in [3.63, 3.8) is 0 Å². The molecule has 1 aromatic heterocycles. The van der Waals surface area contributed by atoms with E-state index in [-0.39, 0.29) is 24.6 Å². The highest BCUT2D eigenvalue weighted by Crippen LogP contribution is 2.39. The van der Waals surface area contributed by atoms with E-state index in [2.05, 4.69) is 4.98 Å². The van der Waals surface area contributed by atoms with Gasteiger partial charge in [0.1, 0.15) is 10.9 Å². The van der Waals surface area contributed by atoms with Crippen LogP contribution in [0.3, 0.4) is 0 Å². The summed E-state index contributed by atoms with van der Waals surface area (Å²) in [5, 5.41) is 1.78. The number of rotatable bonds is 8. The zero-order chi connectivity index (χ0) is 20.2. The van der Waals surface area contributed by atoms with Crippen LogP contribution in [0.1, 0.15) is 31.0 Å². The molecule has 0 spiro atoms. The van der Waals surface area contributed by atoms with Gasteiger partial charge < -0.3 is 10.6 Å². The smallest absolute Gasteiger partial charge is 0.237 e. The van der Waals surface area contributed by atoms with Crippen LogP contribution in [0.2, 0.25) is 0 Å². The van der Waals surface area contributed by atoms with Gasteiger partial charge in [0.15, 0.2) is 0 Å². The summed E-state index contributed by atoms with van der Waals surface area (Å²) in [4.78, 5) is 35.3. The van der Waals surface area contributed by atoms with Crippen molar-refractivity contribution in [3.05, 3.63) is 60.4 Å². The number of nitrogens with two attached hydrogens (primary N) is 1. The van der Waals surface area contributed by atoms with Crippen molar-refractivity contribution in [2.75, 3.05) is 17.2 Å². The number of fused-ring (bicyclic) bond motifs is 1. The van der Waals surface area contributed by atoms with Crippen molar-refractivity contribution in [2.24, 2.45) is 5.73 Å². The van der Waals surface area contributed by atoms with Crippen molar-refractivity contribution in [1.82, 2.24) is 9.97 Å². The van der Waals surface area contributed by atoms with Crippen LogP contribution in [-0.4, -0.2) is 34.1 Å². The fraction of sp³-hybridized carbons (Fsp3) is 0.273. The molecule has 148 valence electrons. The maximum absolute atomic E-state index is 13.0. The third kappa shape index (κ3) is 4.74. The number of amides is 2. The van der Waals surface area contributed by atoms with Gasteiger partial charge in [-0.05, 0) is 31.0 Å². The lowest BCUT2D eigenvalue weighted by molar-refractivity contribution is -0.118. The Kier molecular flexibility index (Phi) is 5.76. The van der Waals surface area contributed by atoms with E-state index in [1.807, 2.05) is 54.6 Å². The number of carbonyl (C=O) groups excluding carboxylic acids is 2. The molecule has 0 bridgehead atoms. The van der Waals surface area contributed by atoms with Gasteiger partial charge >= 0.3 is 0 Å². The molecule has 1 saturated carbocycles. The first-order valence-corrected chi connectivity index (χ1v) is 10.6. The van der Waals surface area contributed by atoms with Gasteiger partial charge in [0.25, 0.3) is 0 Å². The highest BCUT2D eigenvalue weighted by atomic mass is 32.2. The number of para-hydroxylation sites is 2. The van der Waals surface area contributed by atoms with Crippen LogP contribution in [0.25, 0.3) is 10.9 Å². The summed E-state index contributed by atoms with van der Waals surface area (Å²) in [6, 6.07) is 17.2. The van der Waals surface area contributed by atoms with E-state index in [9.17, 15) is 9.59 Å². The lowest BCUT2D eigenvalue weighted by Crippen LogP contribution is -2.35. The fourth-order valence-electron chi connectivity index (χ4n) is 3.13. The average Bonchev–Trinajstić information content (AvgIpc) is 3.58. The summed E-state index contributed by atoms with van der Waals surface area (Å²) < 4.78 is 0. The number of hydrogen-bond donors (Lipinski definition) is 1. The van der Waals surface area contributed by atoms with Crippen LogP contribution in [0.15, 0.2) is 59.6 Å². The molecule has 2 aromatic carbocycles. The Hall–Kier alpha value is -2.93. The first-order chi connectivity index (χ1) is 14.1. The van der Waals surface area contributed by atoms with Crippen molar-refractivity contribution < 1.29 is 9.59 Å². The molecule has 1 heterocycles. The zero-order valence-corrected chi connectivity index (χ0v) is 16.8. The summed E-state index contributed by atoms with van der Waals surface area (Å²) in [7, 11) is 0. The second kappa shape index (κ2) is 8.61. The molecule has 1 fully saturated rings. The molecule has 4 rings (SSSR count).